The number of ether oxygens (including phenoxy) is 2. The fourth-order valence-electron chi connectivity index (χ4n) is 1.56. The lowest BCUT2D eigenvalue weighted by molar-refractivity contribution is 0.235. The molecular weight excluding hydrogens is 228 g/mol. The Morgan fingerprint density at radius 1 is 1.28 bits per heavy atom. The van der Waals surface area contributed by atoms with Crippen LogP contribution in [-0.4, -0.2) is 25.3 Å². The van der Waals surface area contributed by atoms with E-state index in [1.165, 1.54) is 0 Å². The Kier molecular flexibility index (Phi) is 5.47. The molecule has 98 valence electrons. The van der Waals surface area contributed by atoms with Gasteiger partial charge in [0.1, 0.15) is 23.6 Å². The third kappa shape index (κ3) is 4.27. The summed E-state index contributed by atoms with van der Waals surface area (Å²) in [6, 6.07) is 9.65. The summed E-state index contributed by atoms with van der Waals surface area (Å²) in [4.78, 5) is 0. The van der Waals surface area contributed by atoms with Gasteiger partial charge in [-0.15, -0.1) is 0 Å². The fraction of sp³-hybridized carbons (Fsp3) is 0.500. The second-order valence-electron chi connectivity index (χ2n) is 4.17. The predicted molar refractivity (Wildman–Crippen MR) is 70.8 cm³/mol. The van der Waals surface area contributed by atoms with Crippen LogP contribution in [0.5, 0.6) is 11.5 Å². The molecule has 0 amide bonds. The smallest absolute Gasteiger partial charge is 0.138 e. The molecule has 0 saturated carbocycles. The number of hydrogen-bond acceptors (Lipinski definition) is 4. The van der Waals surface area contributed by atoms with Crippen molar-refractivity contribution in [2.75, 3.05) is 19.8 Å². The molecule has 0 aliphatic rings. The van der Waals surface area contributed by atoms with E-state index in [4.69, 9.17) is 14.7 Å². The summed E-state index contributed by atoms with van der Waals surface area (Å²) in [6.07, 6.45) is 0. The minimum Gasteiger partial charge on any atom is -0.494 e. The van der Waals surface area contributed by atoms with Gasteiger partial charge >= 0.3 is 0 Å². The van der Waals surface area contributed by atoms with Crippen molar-refractivity contribution in [1.82, 2.24) is 5.32 Å². The fourth-order valence-corrected chi connectivity index (χ4v) is 1.56. The molecule has 1 aromatic rings. The molecule has 4 heteroatoms. The highest BCUT2D eigenvalue weighted by Gasteiger charge is 2.23. The number of hydrogen-bond donors (Lipinski definition) is 1. The van der Waals surface area contributed by atoms with Gasteiger partial charge in [-0.3, -0.25) is 5.32 Å². The Labute approximate surface area is 109 Å². The Morgan fingerprint density at radius 2 is 1.94 bits per heavy atom. The molecule has 0 bridgehead atoms. The summed E-state index contributed by atoms with van der Waals surface area (Å²) in [5, 5.41) is 12.2. The molecule has 4 nitrogen and oxygen atoms in total. The lowest BCUT2D eigenvalue weighted by Gasteiger charge is -2.22. The van der Waals surface area contributed by atoms with Crippen molar-refractivity contribution < 1.29 is 9.47 Å². The third-order valence-electron chi connectivity index (χ3n) is 2.46. The number of likely N-dealkylation sites (N-methyl/N-ethyl adjacent to an activating group) is 1. The largest absolute Gasteiger partial charge is 0.494 e. The van der Waals surface area contributed by atoms with Gasteiger partial charge in [-0.25, -0.2) is 0 Å². The highest BCUT2D eigenvalue weighted by atomic mass is 16.5. The van der Waals surface area contributed by atoms with E-state index in [1.54, 1.807) is 0 Å². The van der Waals surface area contributed by atoms with Crippen LogP contribution in [0.4, 0.5) is 0 Å². The van der Waals surface area contributed by atoms with Crippen LogP contribution >= 0.6 is 0 Å². The quantitative estimate of drug-likeness (QED) is 0.804. The van der Waals surface area contributed by atoms with E-state index in [0.717, 1.165) is 12.3 Å². The molecule has 0 heterocycles. The average Bonchev–Trinajstić information content (AvgIpc) is 2.38. The van der Waals surface area contributed by atoms with E-state index in [-0.39, 0.29) is 0 Å². The van der Waals surface area contributed by atoms with Gasteiger partial charge in [0.25, 0.3) is 0 Å². The third-order valence-corrected chi connectivity index (χ3v) is 2.46. The highest BCUT2D eigenvalue weighted by molar-refractivity contribution is 5.33. The van der Waals surface area contributed by atoms with Crippen molar-refractivity contribution >= 4 is 0 Å². The maximum Gasteiger partial charge on any atom is 0.138 e. The van der Waals surface area contributed by atoms with Crippen molar-refractivity contribution in [3.8, 4) is 17.6 Å². The number of rotatable bonds is 7. The molecule has 1 rings (SSSR count). The van der Waals surface area contributed by atoms with Crippen LogP contribution in [0.3, 0.4) is 0 Å². The zero-order valence-electron chi connectivity index (χ0n) is 11.2. The van der Waals surface area contributed by atoms with Gasteiger partial charge in [-0.05, 0) is 32.5 Å². The molecule has 18 heavy (non-hydrogen) atoms. The van der Waals surface area contributed by atoms with Crippen molar-refractivity contribution in [2.24, 2.45) is 0 Å². The molecule has 0 radical (unpaired) electrons. The second kappa shape index (κ2) is 6.87. The van der Waals surface area contributed by atoms with Crippen molar-refractivity contribution in [3.63, 3.8) is 0 Å². The summed E-state index contributed by atoms with van der Waals surface area (Å²) in [7, 11) is 0. The zero-order valence-corrected chi connectivity index (χ0v) is 11.2. The first-order valence-corrected chi connectivity index (χ1v) is 6.15. The van der Waals surface area contributed by atoms with Crippen LogP contribution in [-0.2, 0) is 0 Å². The molecule has 0 spiro atoms. The first-order valence-electron chi connectivity index (χ1n) is 6.15. The molecule has 0 saturated heterocycles. The van der Waals surface area contributed by atoms with E-state index >= 15 is 0 Å². The standard InChI is InChI=1S/C14H20N2O2/c1-4-16-14(3,10-15)11-18-13-8-6-7-12(9-13)17-5-2/h6-9,16H,4-5,11H2,1-3H3. The summed E-state index contributed by atoms with van der Waals surface area (Å²) >= 11 is 0. The normalized spacial score (nSPS) is 13.4. The summed E-state index contributed by atoms with van der Waals surface area (Å²) in [6.45, 7) is 7.37. The van der Waals surface area contributed by atoms with Crippen LogP contribution in [0, 0.1) is 11.3 Å². The van der Waals surface area contributed by atoms with Gasteiger partial charge in [0.05, 0.1) is 12.7 Å². The van der Waals surface area contributed by atoms with Gasteiger partial charge in [0.15, 0.2) is 0 Å². The Bertz CT molecular complexity index is 415. The van der Waals surface area contributed by atoms with Gasteiger partial charge in [0, 0.05) is 6.07 Å². The monoisotopic (exact) mass is 248 g/mol. The predicted octanol–water partition coefficient (Wildman–Crippen LogP) is 2.36. The number of nitriles is 1. The van der Waals surface area contributed by atoms with Crippen molar-refractivity contribution in [2.45, 2.75) is 26.3 Å². The molecule has 1 atom stereocenters. The van der Waals surface area contributed by atoms with E-state index in [9.17, 15) is 0 Å². The molecular formula is C14H20N2O2. The number of nitrogens with one attached hydrogen (secondary N) is 1. The number of nitrogens with zero attached hydrogens (tertiary/aromatic N) is 1. The van der Waals surface area contributed by atoms with Gasteiger partial charge in [-0.1, -0.05) is 13.0 Å². The van der Waals surface area contributed by atoms with Crippen molar-refractivity contribution in [3.05, 3.63) is 24.3 Å². The van der Waals surface area contributed by atoms with Crippen LogP contribution < -0.4 is 14.8 Å². The second-order valence-corrected chi connectivity index (χ2v) is 4.17. The van der Waals surface area contributed by atoms with E-state index < -0.39 is 5.54 Å². The Balaban J connectivity index is 2.62. The minimum atomic E-state index is -0.670. The summed E-state index contributed by atoms with van der Waals surface area (Å²) in [5.74, 6) is 1.48. The Hall–Kier alpha value is -1.73. The van der Waals surface area contributed by atoms with E-state index in [0.29, 0.717) is 19.0 Å². The van der Waals surface area contributed by atoms with E-state index in [2.05, 4.69) is 11.4 Å². The van der Waals surface area contributed by atoms with Gasteiger partial charge in [0.2, 0.25) is 0 Å². The summed E-state index contributed by atoms with van der Waals surface area (Å²) in [5.41, 5.74) is -0.670. The van der Waals surface area contributed by atoms with Crippen molar-refractivity contribution in [1.29, 1.82) is 5.26 Å². The Morgan fingerprint density at radius 3 is 2.50 bits per heavy atom. The molecule has 1 unspecified atom stereocenters. The molecule has 0 fully saturated rings. The summed E-state index contributed by atoms with van der Waals surface area (Å²) < 4.78 is 11.0. The van der Waals surface area contributed by atoms with Crippen LogP contribution in [0.2, 0.25) is 0 Å². The van der Waals surface area contributed by atoms with Crippen LogP contribution in [0.25, 0.3) is 0 Å². The first-order chi connectivity index (χ1) is 8.63. The van der Waals surface area contributed by atoms with Gasteiger partial charge < -0.3 is 9.47 Å². The number of benzene rings is 1. The van der Waals surface area contributed by atoms with Crippen LogP contribution in [0.15, 0.2) is 24.3 Å². The SMILES string of the molecule is CCNC(C)(C#N)COc1cccc(OCC)c1. The molecule has 0 aliphatic heterocycles. The highest BCUT2D eigenvalue weighted by Crippen LogP contribution is 2.20. The van der Waals surface area contributed by atoms with Gasteiger partial charge in [-0.2, -0.15) is 5.26 Å². The molecule has 1 aromatic carbocycles. The zero-order chi connectivity index (χ0) is 13.4. The maximum absolute atomic E-state index is 9.12. The lowest BCUT2D eigenvalue weighted by atomic mass is 10.1. The first kappa shape index (κ1) is 14.3. The lowest BCUT2D eigenvalue weighted by Crippen LogP contribution is -2.46. The minimum absolute atomic E-state index is 0.299. The maximum atomic E-state index is 9.12. The molecule has 1 N–H and O–H groups in total. The average molecular weight is 248 g/mol. The van der Waals surface area contributed by atoms with Crippen LogP contribution in [0.1, 0.15) is 20.8 Å². The molecule has 0 aliphatic carbocycles. The molecule has 0 aromatic heterocycles. The van der Waals surface area contributed by atoms with E-state index in [1.807, 2.05) is 45.0 Å². The topological polar surface area (TPSA) is 54.3 Å².